The topological polar surface area (TPSA) is 94.3 Å². The van der Waals surface area contributed by atoms with Gasteiger partial charge < -0.3 is 15.8 Å². The maximum absolute atomic E-state index is 11.9. The first-order valence-electron chi connectivity index (χ1n) is 7.73. The van der Waals surface area contributed by atoms with Crippen molar-refractivity contribution in [3.8, 4) is 0 Å². The molecule has 0 unspecified atom stereocenters. The molecule has 1 aromatic rings. The number of nitrogens with zero attached hydrogens (tertiary/aromatic N) is 1. The quantitative estimate of drug-likeness (QED) is 0.779. The van der Waals surface area contributed by atoms with E-state index in [-0.39, 0.29) is 11.6 Å². The van der Waals surface area contributed by atoms with Crippen LogP contribution >= 0.6 is 0 Å². The second kappa shape index (κ2) is 7.89. The monoisotopic (exact) mass is 305 g/mol. The first kappa shape index (κ1) is 16.4. The van der Waals surface area contributed by atoms with Crippen molar-refractivity contribution >= 4 is 11.8 Å². The third kappa shape index (κ3) is 4.53. The van der Waals surface area contributed by atoms with E-state index in [1.165, 1.54) is 37.6 Å². The molecule has 120 valence electrons. The van der Waals surface area contributed by atoms with Crippen LogP contribution in [0.1, 0.15) is 53.5 Å². The number of nitrogens with one attached hydrogen (secondary N) is 1. The third-order valence-electron chi connectivity index (χ3n) is 4.03. The Morgan fingerprint density at radius 2 is 2.14 bits per heavy atom. The third-order valence-corrected chi connectivity index (χ3v) is 4.03. The standard InChI is InChI=1S/C16H23N3O3/c1-11-4-2-3-5-14(11)22-9-8-18-16(21)12-6-7-13(15(17)20)19-10-12/h6-7,10-11,14H,2-5,8-9H2,1H3,(H2,17,20)(H,18,21)/t11-,14+/m0/s1. The van der Waals surface area contributed by atoms with Crippen LogP contribution in [-0.2, 0) is 4.74 Å². The molecule has 2 rings (SSSR count). The highest BCUT2D eigenvalue weighted by Gasteiger charge is 2.21. The molecular weight excluding hydrogens is 282 g/mol. The van der Waals surface area contributed by atoms with Crippen LogP contribution in [0.5, 0.6) is 0 Å². The smallest absolute Gasteiger partial charge is 0.267 e. The summed E-state index contributed by atoms with van der Waals surface area (Å²) in [6.45, 7) is 3.18. The van der Waals surface area contributed by atoms with Gasteiger partial charge in [0.1, 0.15) is 5.69 Å². The maximum Gasteiger partial charge on any atom is 0.267 e. The Morgan fingerprint density at radius 3 is 2.77 bits per heavy atom. The van der Waals surface area contributed by atoms with Crippen molar-refractivity contribution in [3.05, 3.63) is 29.6 Å². The molecule has 1 aliphatic rings. The molecule has 2 atom stereocenters. The van der Waals surface area contributed by atoms with E-state index in [0.717, 1.165) is 6.42 Å². The summed E-state index contributed by atoms with van der Waals surface area (Å²) in [5.41, 5.74) is 5.65. The van der Waals surface area contributed by atoms with Gasteiger partial charge in [0.2, 0.25) is 0 Å². The van der Waals surface area contributed by atoms with Crippen molar-refractivity contribution in [1.82, 2.24) is 10.3 Å². The minimum atomic E-state index is -0.609. The number of ether oxygens (including phenoxy) is 1. The lowest BCUT2D eigenvalue weighted by Crippen LogP contribution is -2.31. The van der Waals surface area contributed by atoms with Gasteiger partial charge in [-0.1, -0.05) is 19.8 Å². The van der Waals surface area contributed by atoms with Crippen molar-refractivity contribution in [1.29, 1.82) is 0 Å². The van der Waals surface area contributed by atoms with Crippen LogP contribution in [0.3, 0.4) is 0 Å². The zero-order valence-corrected chi connectivity index (χ0v) is 12.9. The van der Waals surface area contributed by atoms with Gasteiger partial charge in [-0.15, -0.1) is 0 Å². The largest absolute Gasteiger partial charge is 0.376 e. The molecule has 1 aliphatic carbocycles. The number of hydrogen-bond acceptors (Lipinski definition) is 4. The van der Waals surface area contributed by atoms with Gasteiger partial charge in [-0.2, -0.15) is 0 Å². The van der Waals surface area contributed by atoms with Gasteiger partial charge in [0.15, 0.2) is 0 Å². The Kier molecular flexibility index (Phi) is 5.89. The molecule has 1 aromatic heterocycles. The lowest BCUT2D eigenvalue weighted by atomic mass is 9.88. The molecule has 0 aliphatic heterocycles. The van der Waals surface area contributed by atoms with Crippen molar-refractivity contribution in [3.63, 3.8) is 0 Å². The summed E-state index contributed by atoms with van der Waals surface area (Å²) in [6.07, 6.45) is 6.48. The maximum atomic E-state index is 11.9. The highest BCUT2D eigenvalue weighted by atomic mass is 16.5. The first-order valence-corrected chi connectivity index (χ1v) is 7.73. The number of nitrogens with two attached hydrogens (primary N) is 1. The molecule has 1 saturated carbocycles. The number of primary amides is 1. The molecular formula is C16H23N3O3. The number of hydrogen-bond donors (Lipinski definition) is 2. The molecule has 0 spiro atoms. The first-order chi connectivity index (χ1) is 10.6. The van der Waals surface area contributed by atoms with Crippen LogP contribution in [-0.4, -0.2) is 36.1 Å². The predicted molar refractivity (Wildman–Crippen MR) is 82.5 cm³/mol. The summed E-state index contributed by atoms with van der Waals surface area (Å²) in [5.74, 6) is -0.249. The van der Waals surface area contributed by atoms with Crippen LogP contribution in [0.25, 0.3) is 0 Å². The van der Waals surface area contributed by atoms with E-state index in [1.807, 2.05) is 0 Å². The zero-order chi connectivity index (χ0) is 15.9. The second-order valence-electron chi connectivity index (χ2n) is 5.72. The van der Waals surface area contributed by atoms with Crippen molar-refractivity contribution in [2.45, 2.75) is 38.7 Å². The minimum absolute atomic E-state index is 0.145. The van der Waals surface area contributed by atoms with Crippen LogP contribution < -0.4 is 11.1 Å². The number of carbonyl (C=O) groups excluding carboxylic acids is 2. The average molecular weight is 305 g/mol. The lowest BCUT2D eigenvalue weighted by Gasteiger charge is -2.28. The van der Waals surface area contributed by atoms with Crippen LogP contribution in [0, 0.1) is 5.92 Å². The van der Waals surface area contributed by atoms with Crippen molar-refractivity contribution in [2.75, 3.05) is 13.2 Å². The Morgan fingerprint density at radius 1 is 1.36 bits per heavy atom. The molecule has 0 bridgehead atoms. The summed E-state index contributed by atoms with van der Waals surface area (Å²) in [7, 11) is 0. The van der Waals surface area contributed by atoms with Crippen LogP contribution in [0.4, 0.5) is 0 Å². The van der Waals surface area contributed by atoms with Gasteiger partial charge in [0.25, 0.3) is 11.8 Å². The van der Waals surface area contributed by atoms with Gasteiger partial charge in [0.05, 0.1) is 18.3 Å². The van der Waals surface area contributed by atoms with E-state index < -0.39 is 5.91 Å². The Labute approximate surface area is 130 Å². The van der Waals surface area contributed by atoms with Crippen LogP contribution in [0.15, 0.2) is 18.3 Å². The molecule has 3 N–H and O–H groups in total. The summed E-state index contributed by atoms with van der Waals surface area (Å²) >= 11 is 0. The van der Waals surface area contributed by atoms with Gasteiger partial charge in [-0.3, -0.25) is 14.6 Å². The summed E-state index contributed by atoms with van der Waals surface area (Å²) in [6, 6.07) is 2.98. The van der Waals surface area contributed by atoms with Crippen LogP contribution in [0.2, 0.25) is 0 Å². The lowest BCUT2D eigenvalue weighted by molar-refractivity contribution is -0.00294. The number of pyridine rings is 1. The average Bonchev–Trinajstić information content (AvgIpc) is 2.53. The number of carbonyl (C=O) groups is 2. The van der Waals surface area contributed by atoms with E-state index in [9.17, 15) is 9.59 Å². The second-order valence-corrected chi connectivity index (χ2v) is 5.72. The van der Waals surface area contributed by atoms with Crippen molar-refractivity contribution in [2.24, 2.45) is 11.7 Å². The highest BCUT2D eigenvalue weighted by molar-refractivity contribution is 5.95. The number of aromatic nitrogens is 1. The summed E-state index contributed by atoms with van der Waals surface area (Å²) < 4.78 is 5.84. The van der Waals surface area contributed by atoms with E-state index in [1.54, 1.807) is 0 Å². The zero-order valence-electron chi connectivity index (χ0n) is 12.9. The molecule has 22 heavy (non-hydrogen) atoms. The van der Waals surface area contributed by atoms with E-state index in [2.05, 4.69) is 17.2 Å². The molecule has 0 aromatic carbocycles. The van der Waals surface area contributed by atoms with E-state index >= 15 is 0 Å². The van der Waals surface area contributed by atoms with E-state index in [0.29, 0.717) is 30.7 Å². The van der Waals surface area contributed by atoms with Gasteiger partial charge in [-0.05, 0) is 30.9 Å². The van der Waals surface area contributed by atoms with Gasteiger partial charge in [-0.25, -0.2) is 0 Å². The predicted octanol–water partition coefficient (Wildman–Crippen LogP) is 1.51. The molecule has 6 heteroatoms. The molecule has 0 saturated heterocycles. The number of amides is 2. The fraction of sp³-hybridized carbons (Fsp3) is 0.562. The molecule has 6 nitrogen and oxygen atoms in total. The highest BCUT2D eigenvalue weighted by Crippen LogP contribution is 2.25. The molecule has 2 amide bonds. The molecule has 1 heterocycles. The normalized spacial score (nSPS) is 21.3. The minimum Gasteiger partial charge on any atom is -0.376 e. The summed E-state index contributed by atoms with van der Waals surface area (Å²) in [4.78, 5) is 26.7. The Balaban J connectivity index is 1.72. The summed E-state index contributed by atoms with van der Waals surface area (Å²) in [5, 5.41) is 2.78. The fourth-order valence-corrected chi connectivity index (χ4v) is 2.68. The Bertz CT molecular complexity index is 516. The molecule has 0 radical (unpaired) electrons. The fourth-order valence-electron chi connectivity index (χ4n) is 2.68. The Hall–Kier alpha value is -1.95. The van der Waals surface area contributed by atoms with Crippen molar-refractivity contribution < 1.29 is 14.3 Å². The SMILES string of the molecule is C[C@H]1CCCC[C@H]1OCCNC(=O)c1ccc(C(N)=O)nc1. The van der Waals surface area contributed by atoms with Gasteiger partial charge in [0, 0.05) is 12.7 Å². The molecule has 1 fully saturated rings. The number of rotatable bonds is 6. The van der Waals surface area contributed by atoms with E-state index in [4.69, 9.17) is 10.5 Å². The van der Waals surface area contributed by atoms with Gasteiger partial charge >= 0.3 is 0 Å².